The summed E-state index contributed by atoms with van der Waals surface area (Å²) in [5, 5.41) is 23.4. The molecule has 0 heterocycles. The van der Waals surface area contributed by atoms with Crippen molar-refractivity contribution in [3.63, 3.8) is 0 Å². The van der Waals surface area contributed by atoms with Crippen molar-refractivity contribution < 1.29 is 36.4 Å². The predicted octanol–water partition coefficient (Wildman–Crippen LogP) is 13.3. The van der Waals surface area contributed by atoms with Gasteiger partial charge >= 0.3 is 0 Å². The summed E-state index contributed by atoms with van der Waals surface area (Å²) in [7, 11) is 0. The smallest absolute Gasteiger partial charge is 0.0436 e. The Hall–Kier alpha value is -1.17. The van der Waals surface area contributed by atoms with Gasteiger partial charge in [0.05, 0.1) is 0 Å². The van der Waals surface area contributed by atoms with E-state index in [9.17, 15) is 0 Å². The molecule has 1 unspecified atom stereocenters. The van der Waals surface area contributed by atoms with Gasteiger partial charge in [0, 0.05) is 35.5 Å². The van der Waals surface area contributed by atoms with E-state index in [0.717, 1.165) is 12.8 Å². The van der Waals surface area contributed by atoms with E-state index in [1.807, 2.05) is 12.4 Å². The molecule has 0 saturated carbocycles. The predicted molar refractivity (Wildman–Crippen MR) is 223 cm³/mol. The molecule has 0 spiro atoms. The molecule has 310 valence electrons. The Bertz CT molecular complexity index is 620. The molecule has 0 bridgehead atoms. The van der Waals surface area contributed by atoms with E-state index in [4.69, 9.17) is 19.9 Å². The Morgan fingerprint density at radius 2 is 0.725 bits per heavy atom. The third-order valence-corrected chi connectivity index (χ3v) is 7.88. The van der Waals surface area contributed by atoms with Gasteiger partial charge in [0.25, 0.3) is 0 Å². The number of oxime groups is 2. The summed E-state index contributed by atoms with van der Waals surface area (Å²) in [6.45, 7) is 15.3. The van der Waals surface area contributed by atoms with Crippen molar-refractivity contribution in [2.24, 2.45) is 10.3 Å². The first-order valence-corrected chi connectivity index (χ1v) is 20.4. The summed E-state index contributed by atoms with van der Waals surface area (Å²) in [6.07, 6.45) is 49.5. The number of allylic oxidation sites excluding steroid dienone is 4. The Labute approximate surface area is 330 Å². The molecule has 0 aromatic carbocycles. The molecule has 1 atom stereocenters. The summed E-state index contributed by atoms with van der Waals surface area (Å²) < 4.78 is 0. The van der Waals surface area contributed by atoms with Crippen LogP contribution in [0.3, 0.4) is 0 Å². The van der Waals surface area contributed by atoms with Gasteiger partial charge in [0.1, 0.15) is 0 Å². The molecule has 0 aliphatic heterocycles. The van der Waals surface area contributed by atoms with Crippen molar-refractivity contribution in [2.45, 2.75) is 200 Å². The molecule has 7 heteroatoms. The third kappa shape index (κ3) is 71.0. The number of rotatable bonds is 35. The van der Waals surface area contributed by atoms with E-state index < -0.39 is 6.10 Å². The van der Waals surface area contributed by atoms with Gasteiger partial charge in [-0.1, -0.05) is 141 Å². The molecule has 0 aromatic rings. The quantitative estimate of drug-likeness (QED) is 0.0168. The van der Waals surface area contributed by atoms with E-state index in [1.54, 1.807) is 0 Å². The monoisotopic (exact) mass is 765 g/mol. The zero-order valence-corrected chi connectivity index (χ0v) is 35.0. The zero-order chi connectivity index (χ0) is 36.6. The van der Waals surface area contributed by atoms with Gasteiger partial charge in [-0.3, -0.25) is 0 Å². The first-order valence-electron chi connectivity index (χ1n) is 20.4. The van der Waals surface area contributed by atoms with Gasteiger partial charge in [0.2, 0.25) is 0 Å². The van der Waals surface area contributed by atoms with Gasteiger partial charge in [-0.2, -0.15) is 0 Å². The van der Waals surface area contributed by atoms with Crippen LogP contribution in [-0.4, -0.2) is 48.6 Å². The van der Waals surface area contributed by atoms with Crippen LogP contribution in [0.2, 0.25) is 0 Å². The average Bonchev–Trinajstić information content (AvgIpc) is 3.11. The van der Waals surface area contributed by atoms with E-state index in [2.05, 4.69) is 69.2 Å². The van der Waals surface area contributed by atoms with Crippen molar-refractivity contribution in [1.29, 1.82) is 0 Å². The van der Waals surface area contributed by atoms with Crippen LogP contribution in [0.5, 0.6) is 0 Å². The maximum absolute atomic E-state index is 8.00. The fourth-order valence-corrected chi connectivity index (χ4v) is 4.93. The molecular weight excluding hydrogens is 679 g/mol. The molecule has 0 rings (SSSR count). The van der Waals surface area contributed by atoms with Crippen LogP contribution in [0.15, 0.2) is 34.6 Å². The maximum atomic E-state index is 8.00. The molecule has 6 nitrogen and oxygen atoms in total. The van der Waals surface area contributed by atoms with Crippen LogP contribution in [0.25, 0.3) is 0 Å². The number of nitrogens with zero attached hydrogens (tertiary/aromatic N) is 2. The minimum atomic E-state index is -0.810. The van der Waals surface area contributed by atoms with Crippen LogP contribution in [0.1, 0.15) is 194 Å². The largest absolute Gasteiger partial charge is 0.429 e. The number of hydrogen-bond acceptors (Lipinski definition) is 6. The molecule has 0 radical (unpaired) electrons. The van der Waals surface area contributed by atoms with Crippen LogP contribution >= 0.6 is 0 Å². The number of unbranched alkanes of at least 4 members (excludes halogenated alkanes) is 24. The summed E-state index contributed by atoms with van der Waals surface area (Å²) in [4.78, 5) is 9.62. The summed E-state index contributed by atoms with van der Waals surface area (Å²) in [5.41, 5.74) is 0. The second-order valence-electron chi connectivity index (χ2n) is 12.8. The topological polar surface area (TPSA) is 83.6 Å². The van der Waals surface area contributed by atoms with Gasteiger partial charge in [-0.15, -0.1) is 10.3 Å². The SMILES string of the molecule is [CH2-]C(O)CO.[CH2-]CO/N=C/CCCCCCC/C=C\CCCCCCCC.[CH2-]CO/N=C/CCCCCCC/C=C\CCCCCCCC.[CH3-].[Ni]. The van der Waals surface area contributed by atoms with E-state index in [1.165, 1.54) is 167 Å². The first-order chi connectivity index (χ1) is 24.1. The number of aliphatic hydroxyl groups is 2. The standard InChI is InChI=1S/2C20H38NO.C3H7O2.CH3.Ni/c2*1-3-5-6-7-8-9-10-11-12-13-14-15-16-17-18-19-20-21-22-4-2;1-3(5)2-4;;/h2*11-12,20H,2-10,13-19H2,1H3;3-5H,1-2H2;1H3;/q4*-1;/b2*12-11-,21-20+;;;. The molecule has 0 aliphatic rings. The molecule has 51 heavy (non-hydrogen) atoms. The molecule has 0 saturated heterocycles. The van der Waals surface area contributed by atoms with Gasteiger partial charge in [-0.05, 0) is 96.4 Å². The van der Waals surface area contributed by atoms with E-state index in [-0.39, 0.29) is 30.5 Å². The molecular formula is C44H86N2NiO4-4. The van der Waals surface area contributed by atoms with Gasteiger partial charge in [-0.25, -0.2) is 0 Å². The number of hydrogen-bond donors (Lipinski definition) is 2. The Morgan fingerprint density at radius 3 is 0.961 bits per heavy atom. The summed E-state index contributed by atoms with van der Waals surface area (Å²) in [6, 6.07) is 0. The number of aliphatic hydroxyl groups excluding tert-OH is 2. The molecule has 0 fully saturated rings. The minimum absolute atomic E-state index is 0. The van der Waals surface area contributed by atoms with Crippen molar-refractivity contribution in [3.05, 3.63) is 52.5 Å². The second kappa shape index (κ2) is 60.9. The van der Waals surface area contributed by atoms with E-state index in [0.29, 0.717) is 13.2 Å². The molecule has 0 aromatic heterocycles. The second-order valence-corrected chi connectivity index (χ2v) is 12.8. The fourth-order valence-electron chi connectivity index (χ4n) is 4.93. The molecule has 2 N–H and O–H groups in total. The van der Waals surface area contributed by atoms with Crippen molar-refractivity contribution in [3.8, 4) is 0 Å². The van der Waals surface area contributed by atoms with Crippen molar-refractivity contribution >= 4 is 12.4 Å². The zero-order valence-electron chi connectivity index (χ0n) is 34.0. The summed E-state index contributed by atoms with van der Waals surface area (Å²) in [5.74, 6) is 0. The normalized spacial score (nSPS) is 11.6. The first kappa shape index (κ1) is 59.1. The minimum Gasteiger partial charge on any atom is -0.429 e. The van der Waals surface area contributed by atoms with Gasteiger partial charge in [0.15, 0.2) is 0 Å². The Kier molecular flexibility index (Phi) is 70.6. The third-order valence-electron chi connectivity index (χ3n) is 7.88. The maximum Gasteiger partial charge on any atom is 0.0436 e. The Morgan fingerprint density at radius 1 is 0.490 bits per heavy atom. The van der Waals surface area contributed by atoms with Crippen LogP contribution < -0.4 is 0 Å². The van der Waals surface area contributed by atoms with Crippen molar-refractivity contribution in [1.82, 2.24) is 0 Å². The average molecular weight is 766 g/mol. The van der Waals surface area contributed by atoms with Crippen LogP contribution in [0, 0.1) is 28.2 Å². The summed E-state index contributed by atoms with van der Waals surface area (Å²) >= 11 is 0. The molecule has 0 amide bonds. The fraction of sp³-hybridized carbons (Fsp3) is 0.773. The van der Waals surface area contributed by atoms with Crippen molar-refractivity contribution in [2.75, 3.05) is 19.8 Å². The van der Waals surface area contributed by atoms with Gasteiger partial charge < -0.3 is 48.1 Å². The van der Waals surface area contributed by atoms with Crippen LogP contribution in [-0.2, 0) is 26.2 Å². The Balaban J connectivity index is -0.000000235. The van der Waals surface area contributed by atoms with Crippen LogP contribution in [0.4, 0.5) is 0 Å². The molecule has 0 aliphatic carbocycles. The van der Waals surface area contributed by atoms with E-state index >= 15 is 0 Å².